The standard InChI is InChI=1S/C50H31N5O/c1-3-15-32(16-4-1)49-51-50(33-17-5-2-6-18-33)55(52-49)44-27-14-26-43-48(44)38-23-8-11-25-42(38)53(43)34-19-13-20-35(29-34)54-41-24-10-7-21-36(41)39-31-47-40(30-45(39)54)37-22-9-12-28-46(37)56-47/h1-31H. The molecular weight excluding hydrogens is 687 g/mol. The van der Waals surface area contributed by atoms with E-state index in [1.165, 1.54) is 5.39 Å². The zero-order valence-electron chi connectivity index (χ0n) is 30.0. The normalized spacial score (nSPS) is 11.9. The average Bonchev–Trinajstić information content (AvgIpc) is 4.03. The van der Waals surface area contributed by atoms with Crippen LogP contribution in [0.2, 0.25) is 0 Å². The van der Waals surface area contributed by atoms with Gasteiger partial charge in [0.05, 0.1) is 27.8 Å². The molecule has 0 saturated heterocycles. The van der Waals surface area contributed by atoms with Gasteiger partial charge >= 0.3 is 0 Å². The predicted octanol–water partition coefficient (Wildman–Crippen LogP) is 12.7. The summed E-state index contributed by atoms with van der Waals surface area (Å²) in [6.45, 7) is 0. The van der Waals surface area contributed by atoms with Crippen LogP contribution in [0.5, 0.6) is 0 Å². The van der Waals surface area contributed by atoms with E-state index in [4.69, 9.17) is 14.5 Å². The van der Waals surface area contributed by atoms with Gasteiger partial charge in [0, 0.05) is 54.8 Å². The number of nitrogens with zero attached hydrogens (tertiary/aromatic N) is 5. The molecule has 0 aliphatic heterocycles. The van der Waals surface area contributed by atoms with E-state index in [9.17, 15) is 0 Å². The second-order valence-corrected chi connectivity index (χ2v) is 14.3. The Balaban J connectivity index is 1.10. The largest absolute Gasteiger partial charge is 0.456 e. The first-order chi connectivity index (χ1) is 27.8. The second-order valence-electron chi connectivity index (χ2n) is 14.3. The fraction of sp³-hybridized carbons (Fsp3) is 0. The lowest BCUT2D eigenvalue weighted by molar-refractivity contribution is 0.669. The van der Waals surface area contributed by atoms with Gasteiger partial charge in [-0.05, 0) is 60.7 Å². The third-order valence-corrected chi connectivity index (χ3v) is 11.1. The summed E-state index contributed by atoms with van der Waals surface area (Å²) in [5.41, 5.74) is 11.4. The van der Waals surface area contributed by atoms with Crippen molar-refractivity contribution in [1.29, 1.82) is 0 Å². The summed E-state index contributed by atoms with van der Waals surface area (Å²) in [6.07, 6.45) is 0. The van der Waals surface area contributed by atoms with Gasteiger partial charge in [0.25, 0.3) is 0 Å². The van der Waals surface area contributed by atoms with Crippen molar-refractivity contribution < 1.29 is 4.42 Å². The van der Waals surface area contributed by atoms with Crippen LogP contribution in [-0.2, 0) is 0 Å². The Bertz CT molecular complexity index is 3480. The van der Waals surface area contributed by atoms with Crippen LogP contribution in [0, 0.1) is 0 Å². The van der Waals surface area contributed by atoms with E-state index in [-0.39, 0.29) is 0 Å². The highest BCUT2D eigenvalue weighted by atomic mass is 16.3. The Morgan fingerprint density at radius 2 is 1.00 bits per heavy atom. The summed E-state index contributed by atoms with van der Waals surface area (Å²) < 4.78 is 13.1. The molecule has 0 saturated carbocycles. The van der Waals surface area contributed by atoms with E-state index in [2.05, 4.69) is 149 Å². The molecule has 0 unspecified atom stereocenters. The zero-order valence-corrected chi connectivity index (χ0v) is 30.0. The Labute approximate surface area is 320 Å². The summed E-state index contributed by atoms with van der Waals surface area (Å²) in [5.74, 6) is 1.48. The van der Waals surface area contributed by atoms with Gasteiger partial charge in [-0.15, -0.1) is 5.10 Å². The summed E-state index contributed by atoms with van der Waals surface area (Å²) >= 11 is 0. The van der Waals surface area contributed by atoms with E-state index in [0.29, 0.717) is 5.82 Å². The average molecular weight is 718 g/mol. The fourth-order valence-corrected chi connectivity index (χ4v) is 8.65. The number of para-hydroxylation sites is 3. The maximum Gasteiger partial charge on any atom is 0.182 e. The van der Waals surface area contributed by atoms with Gasteiger partial charge in [-0.1, -0.05) is 127 Å². The first-order valence-electron chi connectivity index (χ1n) is 18.8. The summed E-state index contributed by atoms with van der Waals surface area (Å²) in [6, 6.07) is 66.0. The molecule has 0 amide bonds. The predicted molar refractivity (Wildman–Crippen MR) is 228 cm³/mol. The molecule has 0 bridgehead atoms. The maximum atomic E-state index is 6.35. The van der Waals surface area contributed by atoms with E-state index < -0.39 is 0 Å². The number of fused-ring (bicyclic) bond motifs is 9. The van der Waals surface area contributed by atoms with Crippen LogP contribution in [0.15, 0.2) is 192 Å². The molecule has 8 aromatic carbocycles. The van der Waals surface area contributed by atoms with Crippen molar-refractivity contribution in [3.05, 3.63) is 188 Å². The molecule has 12 rings (SSSR count). The molecule has 12 aromatic rings. The molecular formula is C50H31N5O. The fourth-order valence-electron chi connectivity index (χ4n) is 8.65. The van der Waals surface area contributed by atoms with Gasteiger partial charge in [0.2, 0.25) is 0 Å². The lowest BCUT2D eigenvalue weighted by Gasteiger charge is -2.13. The number of benzene rings is 8. The zero-order chi connectivity index (χ0) is 36.7. The number of furan rings is 1. The molecule has 0 aliphatic carbocycles. The molecule has 0 fully saturated rings. The Morgan fingerprint density at radius 1 is 0.393 bits per heavy atom. The molecule has 0 N–H and O–H groups in total. The van der Waals surface area contributed by atoms with E-state index in [1.54, 1.807) is 0 Å². The van der Waals surface area contributed by atoms with Gasteiger partial charge in [-0.3, -0.25) is 0 Å². The molecule has 0 atom stereocenters. The lowest BCUT2D eigenvalue weighted by atomic mass is 10.1. The van der Waals surface area contributed by atoms with Crippen molar-refractivity contribution in [2.45, 2.75) is 0 Å². The lowest BCUT2D eigenvalue weighted by Crippen LogP contribution is -2.01. The molecule has 0 aliphatic rings. The highest BCUT2D eigenvalue weighted by Crippen LogP contribution is 2.40. The minimum Gasteiger partial charge on any atom is -0.456 e. The first-order valence-corrected chi connectivity index (χ1v) is 18.8. The van der Waals surface area contributed by atoms with Crippen molar-refractivity contribution in [3.8, 4) is 39.8 Å². The van der Waals surface area contributed by atoms with Crippen LogP contribution in [0.3, 0.4) is 0 Å². The minimum atomic E-state index is 0.685. The first kappa shape index (κ1) is 30.7. The number of aromatic nitrogens is 5. The third kappa shape index (κ3) is 4.50. The minimum absolute atomic E-state index is 0.685. The Kier molecular flexibility index (Phi) is 6.53. The third-order valence-electron chi connectivity index (χ3n) is 11.1. The summed E-state index contributed by atoms with van der Waals surface area (Å²) in [5, 5.41) is 12.0. The van der Waals surface area contributed by atoms with Crippen molar-refractivity contribution >= 4 is 65.6 Å². The van der Waals surface area contributed by atoms with E-state index in [1.807, 2.05) is 53.2 Å². The molecule has 6 heteroatoms. The molecule has 56 heavy (non-hydrogen) atoms. The van der Waals surface area contributed by atoms with Crippen LogP contribution >= 0.6 is 0 Å². The maximum absolute atomic E-state index is 6.35. The highest BCUT2D eigenvalue weighted by molar-refractivity contribution is 6.17. The highest BCUT2D eigenvalue weighted by Gasteiger charge is 2.22. The molecule has 4 aromatic heterocycles. The van der Waals surface area contributed by atoms with Crippen molar-refractivity contribution in [3.63, 3.8) is 0 Å². The van der Waals surface area contributed by atoms with Gasteiger partial charge in [0.15, 0.2) is 11.6 Å². The van der Waals surface area contributed by atoms with Gasteiger partial charge in [0.1, 0.15) is 11.2 Å². The topological polar surface area (TPSA) is 53.7 Å². The summed E-state index contributed by atoms with van der Waals surface area (Å²) in [7, 11) is 0. The van der Waals surface area contributed by atoms with Gasteiger partial charge < -0.3 is 13.6 Å². The summed E-state index contributed by atoms with van der Waals surface area (Å²) in [4.78, 5) is 5.14. The number of hydrogen-bond donors (Lipinski definition) is 0. The SMILES string of the molecule is c1ccc(-c2nc(-c3ccccc3)n(-c3cccc4c3c3ccccc3n4-c3cccc(-n4c5ccccc5c5cc6oc7ccccc7c6cc54)c3)n2)cc1. The van der Waals surface area contributed by atoms with Crippen LogP contribution in [0.25, 0.3) is 105 Å². The molecule has 0 spiro atoms. The molecule has 0 radical (unpaired) electrons. The van der Waals surface area contributed by atoms with Crippen molar-refractivity contribution in [2.24, 2.45) is 0 Å². The monoisotopic (exact) mass is 717 g/mol. The number of hydrogen-bond acceptors (Lipinski definition) is 3. The number of rotatable bonds is 5. The van der Waals surface area contributed by atoms with Crippen LogP contribution in [0.4, 0.5) is 0 Å². The van der Waals surface area contributed by atoms with Crippen LogP contribution in [0.1, 0.15) is 0 Å². The quantitative estimate of drug-likeness (QED) is 0.178. The Hall–Kier alpha value is -7.70. The Morgan fingerprint density at radius 3 is 1.79 bits per heavy atom. The molecule has 4 heterocycles. The van der Waals surface area contributed by atoms with E-state index >= 15 is 0 Å². The molecule has 6 nitrogen and oxygen atoms in total. The smallest absolute Gasteiger partial charge is 0.182 e. The van der Waals surface area contributed by atoms with Crippen molar-refractivity contribution in [2.75, 3.05) is 0 Å². The van der Waals surface area contributed by atoms with Crippen LogP contribution in [-0.4, -0.2) is 23.9 Å². The van der Waals surface area contributed by atoms with Gasteiger partial charge in [-0.25, -0.2) is 9.67 Å². The van der Waals surface area contributed by atoms with Crippen molar-refractivity contribution in [1.82, 2.24) is 23.9 Å². The second kappa shape index (κ2) is 11.9. The van der Waals surface area contributed by atoms with E-state index in [0.717, 1.165) is 94.2 Å². The van der Waals surface area contributed by atoms with Gasteiger partial charge in [-0.2, -0.15) is 0 Å². The van der Waals surface area contributed by atoms with Crippen LogP contribution < -0.4 is 0 Å². The molecule has 262 valence electrons.